The molecule has 0 aliphatic heterocycles. The number of hydrogen-bond acceptors (Lipinski definition) is 1. The van der Waals surface area contributed by atoms with E-state index in [1.54, 1.807) is 0 Å². The molecule has 0 saturated heterocycles. The van der Waals surface area contributed by atoms with Crippen LogP contribution in [0.25, 0.3) is 0 Å². The van der Waals surface area contributed by atoms with Crippen molar-refractivity contribution in [3.05, 3.63) is 71.8 Å². The Hall–Kier alpha value is -1.60. The highest BCUT2D eigenvalue weighted by atomic mass is 15.1. The lowest BCUT2D eigenvalue weighted by Crippen LogP contribution is -2.33. The first kappa shape index (κ1) is 15.8. The van der Waals surface area contributed by atoms with Crippen LogP contribution in [-0.4, -0.2) is 10.9 Å². The fraction of sp³-hybridized carbons (Fsp3) is 0.400. The molecule has 0 bridgehead atoms. The van der Waals surface area contributed by atoms with E-state index in [2.05, 4.69) is 79.4 Å². The molecule has 2 aromatic rings. The van der Waals surface area contributed by atoms with Crippen LogP contribution in [0.5, 0.6) is 0 Å². The quantitative estimate of drug-likeness (QED) is 0.637. The van der Waals surface area contributed by atoms with Gasteiger partial charge in [-0.3, -0.25) is 4.90 Å². The second kappa shape index (κ2) is 8.63. The first-order valence-electron chi connectivity index (χ1n) is 8.15. The minimum Gasteiger partial charge on any atom is -0.292 e. The van der Waals surface area contributed by atoms with Gasteiger partial charge < -0.3 is 0 Å². The summed E-state index contributed by atoms with van der Waals surface area (Å²) in [5.74, 6) is 0. The molecule has 1 unspecified atom stereocenters. The van der Waals surface area contributed by atoms with Gasteiger partial charge in [-0.25, -0.2) is 0 Å². The van der Waals surface area contributed by atoms with Crippen LogP contribution in [0, 0.1) is 0 Å². The van der Waals surface area contributed by atoms with Crippen LogP contribution in [0.15, 0.2) is 60.7 Å². The van der Waals surface area contributed by atoms with Crippen molar-refractivity contribution in [1.29, 1.82) is 0 Å². The maximum atomic E-state index is 2.63. The summed E-state index contributed by atoms with van der Waals surface area (Å²) >= 11 is 0. The van der Waals surface area contributed by atoms with Gasteiger partial charge in [-0.05, 0) is 24.0 Å². The lowest BCUT2D eigenvalue weighted by molar-refractivity contribution is 0.163. The molecule has 0 aromatic heterocycles. The van der Waals surface area contributed by atoms with E-state index in [4.69, 9.17) is 0 Å². The molecule has 0 aliphatic rings. The molecule has 1 nitrogen and oxygen atoms in total. The molecule has 0 saturated carbocycles. The zero-order chi connectivity index (χ0) is 14.9. The van der Waals surface area contributed by atoms with Gasteiger partial charge in [0.05, 0.1) is 0 Å². The molecule has 0 fully saturated rings. The molecule has 0 spiro atoms. The summed E-state index contributed by atoms with van der Waals surface area (Å²) < 4.78 is 0. The van der Waals surface area contributed by atoms with Crippen molar-refractivity contribution < 1.29 is 0 Å². The summed E-state index contributed by atoms with van der Waals surface area (Å²) in [7, 11) is 0. The first-order chi connectivity index (χ1) is 10.3. The van der Waals surface area contributed by atoms with Gasteiger partial charge in [0, 0.05) is 19.1 Å². The normalized spacial score (nSPS) is 12.5. The second-order valence-corrected chi connectivity index (χ2v) is 5.73. The standard InChI is InChI=1S/C20H27N/c1-3-11-20(4-2)21(16-18-12-7-5-8-13-18)17-19-14-9-6-10-15-19/h5-10,12-15,20H,3-4,11,16-17H2,1-2H3. The van der Waals surface area contributed by atoms with E-state index in [0.717, 1.165) is 13.1 Å². The van der Waals surface area contributed by atoms with Crippen LogP contribution in [-0.2, 0) is 13.1 Å². The van der Waals surface area contributed by atoms with Crippen molar-refractivity contribution in [2.45, 2.75) is 52.2 Å². The smallest absolute Gasteiger partial charge is 0.0240 e. The maximum Gasteiger partial charge on any atom is 0.0240 e. The van der Waals surface area contributed by atoms with Crippen molar-refractivity contribution in [1.82, 2.24) is 4.90 Å². The van der Waals surface area contributed by atoms with Gasteiger partial charge in [0.1, 0.15) is 0 Å². The van der Waals surface area contributed by atoms with E-state index in [0.29, 0.717) is 6.04 Å². The maximum absolute atomic E-state index is 2.63. The molecule has 0 amide bonds. The molecule has 1 heteroatoms. The minimum atomic E-state index is 0.662. The van der Waals surface area contributed by atoms with Crippen molar-refractivity contribution in [2.75, 3.05) is 0 Å². The molecule has 0 heterocycles. The molecule has 2 rings (SSSR count). The number of rotatable bonds is 8. The van der Waals surface area contributed by atoms with Gasteiger partial charge in [0.15, 0.2) is 0 Å². The van der Waals surface area contributed by atoms with Crippen LogP contribution < -0.4 is 0 Å². The van der Waals surface area contributed by atoms with Crippen LogP contribution in [0.4, 0.5) is 0 Å². The highest BCUT2D eigenvalue weighted by molar-refractivity contribution is 5.17. The summed E-state index contributed by atoms with van der Waals surface area (Å²) in [5, 5.41) is 0. The highest BCUT2D eigenvalue weighted by Crippen LogP contribution is 2.18. The summed E-state index contributed by atoms with van der Waals surface area (Å²) in [4.78, 5) is 2.63. The van der Waals surface area contributed by atoms with E-state index in [1.807, 2.05) is 0 Å². The number of benzene rings is 2. The summed E-state index contributed by atoms with van der Waals surface area (Å²) in [5.41, 5.74) is 2.81. The summed E-state index contributed by atoms with van der Waals surface area (Å²) in [6.45, 7) is 6.66. The van der Waals surface area contributed by atoms with Crippen molar-refractivity contribution in [2.24, 2.45) is 0 Å². The largest absolute Gasteiger partial charge is 0.292 e. The zero-order valence-electron chi connectivity index (χ0n) is 13.3. The fourth-order valence-electron chi connectivity index (χ4n) is 2.93. The Bertz CT molecular complexity index is 450. The Labute approximate surface area is 129 Å². The minimum absolute atomic E-state index is 0.662. The van der Waals surface area contributed by atoms with E-state index in [9.17, 15) is 0 Å². The number of hydrogen-bond donors (Lipinski definition) is 0. The van der Waals surface area contributed by atoms with Gasteiger partial charge in [0.2, 0.25) is 0 Å². The third kappa shape index (κ3) is 5.02. The Kier molecular flexibility index (Phi) is 6.49. The predicted molar refractivity (Wildman–Crippen MR) is 91.1 cm³/mol. The van der Waals surface area contributed by atoms with Crippen LogP contribution >= 0.6 is 0 Å². The summed E-state index contributed by atoms with van der Waals surface area (Å²) in [6, 6.07) is 22.3. The average Bonchev–Trinajstić information content (AvgIpc) is 2.54. The molecular formula is C20H27N. The van der Waals surface area contributed by atoms with E-state index in [-0.39, 0.29) is 0 Å². The third-order valence-corrected chi connectivity index (χ3v) is 4.07. The van der Waals surface area contributed by atoms with Crippen molar-refractivity contribution in [3.63, 3.8) is 0 Å². The predicted octanol–water partition coefficient (Wildman–Crippen LogP) is 5.27. The monoisotopic (exact) mass is 281 g/mol. The van der Waals surface area contributed by atoms with Crippen LogP contribution in [0.2, 0.25) is 0 Å². The van der Waals surface area contributed by atoms with Crippen molar-refractivity contribution in [3.8, 4) is 0 Å². The Morgan fingerprint density at radius 2 is 1.24 bits per heavy atom. The third-order valence-electron chi connectivity index (χ3n) is 4.07. The fourth-order valence-corrected chi connectivity index (χ4v) is 2.93. The SMILES string of the molecule is CCCC(CC)N(Cc1ccccc1)Cc1ccccc1. The van der Waals surface area contributed by atoms with E-state index in [1.165, 1.54) is 30.4 Å². The van der Waals surface area contributed by atoms with E-state index >= 15 is 0 Å². The molecule has 0 N–H and O–H groups in total. The molecule has 112 valence electrons. The van der Waals surface area contributed by atoms with Crippen molar-refractivity contribution >= 4 is 0 Å². The summed E-state index contributed by atoms with van der Waals surface area (Å²) in [6.07, 6.45) is 3.74. The Morgan fingerprint density at radius 1 is 0.762 bits per heavy atom. The lowest BCUT2D eigenvalue weighted by Gasteiger charge is -2.31. The van der Waals surface area contributed by atoms with Gasteiger partial charge in [-0.2, -0.15) is 0 Å². The second-order valence-electron chi connectivity index (χ2n) is 5.73. The lowest BCUT2D eigenvalue weighted by atomic mass is 10.0. The molecule has 21 heavy (non-hydrogen) atoms. The van der Waals surface area contributed by atoms with Gasteiger partial charge >= 0.3 is 0 Å². The average molecular weight is 281 g/mol. The molecule has 2 aromatic carbocycles. The highest BCUT2D eigenvalue weighted by Gasteiger charge is 2.16. The van der Waals surface area contributed by atoms with Crippen LogP contribution in [0.1, 0.15) is 44.2 Å². The molecule has 1 atom stereocenters. The zero-order valence-corrected chi connectivity index (χ0v) is 13.3. The Morgan fingerprint density at radius 3 is 1.62 bits per heavy atom. The number of nitrogens with zero attached hydrogens (tertiary/aromatic N) is 1. The molecular weight excluding hydrogens is 254 g/mol. The first-order valence-corrected chi connectivity index (χ1v) is 8.15. The molecule has 0 radical (unpaired) electrons. The van der Waals surface area contributed by atoms with Crippen LogP contribution in [0.3, 0.4) is 0 Å². The van der Waals surface area contributed by atoms with Gasteiger partial charge in [-0.1, -0.05) is 80.9 Å². The Balaban J connectivity index is 2.13. The van der Waals surface area contributed by atoms with E-state index < -0.39 is 0 Å². The van der Waals surface area contributed by atoms with Gasteiger partial charge in [-0.15, -0.1) is 0 Å². The molecule has 0 aliphatic carbocycles. The van der Waals surface area contributed by atoms with Gasteiger partial charge in [0.25, 0.3) is 0 Å². The topological polar surface area (TPSA) is 3.24 Å².